The molecule has 0 fully saturated rings. The van der Waals surface area contributed by atoms with Gasteiger partial charge in [0.1, 0.15) is 0 Å². The molecule has 0 amide bonds. The van der Waals surface area contributed by atoms with E-state index in [1.807, 2.05) is 0 Å². The summed E-state index contributed by atoms with van der Waals surface area (Å²) in [5.41, 5.74) is 8.56. The van der Waals surface area contributed by atoms with Gasteiger partial charge in [-0.05, 0) is 24.2 Å². The predicted octanol–water partition coefficient (Wildman–Crippen LogP) is 3.23. The summed E-state index contributed by atoms with van der Waals surface area (Å²) in [6.07, 6.45) is 0. The summed E-state index contributed by atoms with van der Waals surface area (Å²) < 4.78 is 0. The van der Waals surface area contributed by atoms with Gasteiger partial charge in [0, 0.05) is 6.54 Å². The maximum Gasteiger partial charge on any atom is 0.0839 e. The van der Waals surface area contributed by atoms with Crippen LogP contribution in [0.4, 0.5) is 0 Å². The Morgan fingerprint density at radius 1 is 0.800 bits per heavy atom. The average molecular weight is 268 g/mol. The third-order valence-electron chi connectivity index (χ3n) is 4.10. The van der Waals surface area contributed by atoms with E-state index >= 15 is 0 Å². The molecule has 0 aliphatic heterocycles. The normalized spacial score (nSPS) is 11.8. The van der Waals surface area contributed by atoms with E-state index in [2.05, 4.69) is 79.4 Å². The summed E-state index contributed by atoms with van der Waals surface area (Å²) >= 11 is 0. The van der Waals surface area contributed by atoms with Gasteiger partial charge in [0.25, 0.3) is 0 Å². The maximum absolute atomic E-state index is 6.28. The van der Waals surface area contributed by atoms with Crippen LogP contribution in [0.15, 0.2) is 60.7 Å². The summed E-state index contributed by atoms with van der Waals surface area (Å²) in [4.78, 5) is 2.44. The summed E-state index contributed by atoms with van der Waals surface area (Å²) in [5, 5.41) is 0. The van der Waals surface area contributed by atoms with Gasteiger partial charge >= 0.3 is 0 Å². The molecule has 2 aromatic carbocycles. The molecule has 0 aromatic heterocycles. The number of rotatable bonds is 6. The van der Waals surface area contributed by atoms with Gasteiger partial charge in [-0.3, -0.25) is 4.90 Å². The highest BCUT2D eigenvalue weighted by molar-refractivity contribution is 5.39. The van der Waals surface area contributed by atoms with Gasteiger partial charge < -0.3 is 5.73 Å². The van der Waals surface area contributed by atoms with Crippen LogP contribution in [0, 0.1) is 0 Å². The Bertz CT molecular complexity index is 464. The Morgan fingerprint density at radius 3 is 1.50 bits per heavy atom. The molecule has 0 spiro atoms. The molecule has 0 bridgehead atoms. The van der Waals surface area contributed by atoms with Crippen LogP contribution in [-0.4, -0.2) is 24.5 Å². The Labute approximate surface area is 122 Å². The molecule has 2 heteroatoms. The number of nitrogens with zero attached hydrogens (tertiary/aromatic N) is 1. The molecule has 20 heavy (non-hydrogen) atoms. The van der Waals surface area contributed by atoms with Crippen molar-refractivity contribution in [2.75, 3.05) is 19.6 Å². The van der Waals surface area contributed by atoms with Crippen molar-refractivity contribution in [3.05, 3.63) is 71.8 Å². The molecule has 0 saturated heterocycles. The zero-order valence-electron chi connectivity index (χ0n) is 12.4. The summed E-state index contributed by atoms with van der Waals surface area (Å²) in [6.45, 7) is 6.90. The lowest BCUT2D eigenvalue weighted by Crippen LogP contribution is -2.52. The number of benzene rings is 2. The van der Waals surface area contributed by atoms with Gasteiger partial charge in [-0.1, -0.05) is 74.5 Å². The van der Waals surface area contributed by atoms with E-state index in [0.29, 0.717) is 6.54 Å². The monoisotopic (exact) mass is 268 g/mol. The van der Waals surface area contributed by atoms with E-state index in [4.69, 9.17) is 5.73 Å². The van der Waals surface area contributed by atoms with Crippen LogP contribution in [0.25, 0.3) is 0 Å². The number of likely N-dealkylation sites (N-methyl/N-ethyl adjacent to an activating group) is 1. The van der Waals surface area contributed by atoms with Gasteiger partial charge in [0.2, 0.25) is 0 Å². The second kappa shape index (κ2) is 6.69. The lowest BCUT2D eigenvalue weighted by molar-refractivity contribution is 0.144. The van der Waals surface area contributed by atoms with Crippen molar-refractivity contribution in [3.8, 4) is 0 Å². The molecule has 0 atom stereocenters. The van der Waals surface area contributed by atoms with Crippen molar-refractivity contribution in [2.24, 2.45) is 5.73 Å². The summed E-state index contributed by atoms with van der Waals surface area (Å²) in [7, 11) is 0. The van der Waals surface area contributed by atoms with E-state index in [1.165, 1.54) is 11.1 Å². The van der Waals surface area contributed by atoms with E-state index in [-0.39, 0.29) is 5.54 Å². The molecule has 2 aromatic rings. The zero-order valence-corrected chi connectivity index (χ0v) is 12.4. The molecule has 0 aliphatic rings. The van der Waals surface area contributed by atoms with Crippen LogP contribution in [0.5, 0.6) is 0 Å². The highest BCUT2D eigenvalue weighted by Gasteiger charge is 2.37. The first-order valence-corrected chi connectivity index (χ1v) is 7.35. The van der Waals surface area contributed by atoms with Gasteiger partial charge in [0.15, 0.2) is 0 Å². The van der Waals surface area contributed by atoms with Gasteiger partial charge in [-0.25, -0.2) is 0 Å². The van der Waals surface area contributed by atoms with Gasteiger partial charge in [-0.15, -0.1) is 0 Å². The SMILES string of the molecule is CCN(CC)C(CN)(c1ccccc1)c1ccccc1. The molecule has 0 radical (unpaired) electrons. The molecular formula is C18H24N2. The minimum atomic E-state index is -0.244. The Hall–Kier alpha value is -1.64. The minimum Gasteiger partial charge on any atom is -0.328 e. The van der Waals surface area contributed by atoms with Crippen LogP contribution >= 0.6 is 0 Å². The molecule has 2 nitrogen and oxygen atoms in total. The molecule has 0 aliphatic carbocycles. The van der Waals surface area contributed by atoms with Crippen LogP contribution in [0.3, 0.4) is 0 Å². The third-order valence-corrected chi connectivity index (χ3v) is 4.10. The predicted molar refractivity (Wildman–Crippen MR) is 85.6 cm³/mol. The van der Waals surface area contributed by atoms with Gasteiger partial charge in [-0.2, -0.15) is 0 Å². The molecule has 0 heterocycles. The van der Waals surface area contributed by atoms with Crippen LogP contribution < -0.4 is 5.73 Å². The lowest BCUT2D eigenvalue weighted by Gasteiger charge is -2.43. The van der Waals surface area contributed by atoms with Crippen molar-refractivity contribution in [1.82, 2.24) is 4.90 Å². The number of hydrogen-bond acceptors (Lipinski definition) is 2. The Morgan fingerprint density at radius 2 is 1.20 bits per heavy atom. The molecule has 0 saturated carbocycles. The van der Waals surface area contributed by atoms with Crippen LogP contribution in [0.1, 0.15) is 25.0 Å². The standard InChI is InChI=1S/C18H24N2/c1-3-20(4-2)18(15-19,16-11-7-5-8-12-16)17-13-9-6-10-14-17/h5-14H,3-4,15,19H2,1-2H3. The molecule has 0 unspecified atom stereocenters. The molecule has 2 N–H and O–H groups in total. The second-order valence-electron chi connectivity index (χ2n) is 4.97. The fraction of sp³-hybridized carbons (Fsp3) is 0.333. The van der Waals surface area contributed by atoms with E-state index in [1.54, 1.807) is 0 Å². The first-order valence-electron chi connectivity index (χ1n) is 7.35. The molecule has 106 valence electrons. The van der Waals surface area contributed by atoms with Gasteiger partial charge in [0.05, 0.1) is 5.54 Å². The van der Waals surface area contributed by atoms with Crippen molar-refractivity contribution >= 4 is 0 Å². The Kier molecular flexibility index (Phi) is 4.94. The summed E-state index contributed by atoms with van der Waals surface area (Å²) in [6, 6.07) is 21.2. The zero-order chi connectivity index (χ0) is 14.4. The second-order valence-corrected chi connectivity index (χ2v) is 4.97. The number of nitrogens with two attached hydrogens (primary N) is 1. The van der Waals surface area contributed by atoms with Crippen molar-refractivity contribution in [2.45, 2.75) is 19.4 Å². The highest BCUT2D eigenvalue weighted by Crippen LogP contribution is 2.34. The number of hydrogen-bond donors (Lipinski definition) is 1. The van der Waals surface area contributed by atoms with E-state index in [9.17, 15) is 0 Å². The van der Waals surface area contributed by atoms with Crippen molar-refractivity contribution in [3.63, 3.8) is 0 Å². The highest BCUT2D eigenvalue weighted by atomic mass is 15.2. The van der Waals surface area contributed by atoms with Crippen LogP contribution in [-0.2, 0) is 5.54 Å². The average Bonchev–Trinajstić information content (AvgIpc) is 2.54. The largest absolute Gasteiger partial charge is 0.328 e. The van der Waals surface area contributed by atoms with Crippen LogP contribution in [0.2, 0.25) is 0 Å². The fourth-order valence-corrected chi connectivity index (χ4v) is 3.09. The maximum atomic E-state index is 6.28. The molecule has 2 rings (SSSR count). The third kappa shape index (κ3) is 2.49. The quantitative estimate of drug-likeness (QED) is 0.871. The lowest BCUT2D eigenvalue weighted by atomic mass is 9.81. The first kappa shape index (κ1) is 14.8. The van der Waals surface area contributed by atoms with Crippen molar-refractivity contribution in [1.29, 1.82) is 0 Å². The van der Waals surface area contributed by atoms with E-state index in [0.717, 1.165) is 13.1 Å². The topological polar surface area (TPSA) is 29.3 Å². The first-order chi connectivity index (χ1) is 9.79. The van der Waals surface area contributed by atoms with Crippen molar-refractivity contribution < 1.29 is 0 Å². The van der Waals surface area contributed by atoms with E-state index < -0.39 is 0 Å². The fourth-order valence-electron chi connectivity index (χ4n) is 3.09. The summed E-state index contributed by atoms with van der Waals surface area (Å²) in [5.74, 6) is 0. The molecular weight excluding hydrogens is 244 g/mol. The smallest absolute Gasteiger partial charge is 0.0839 e. The Balaban J connectivity index is 2.64. The minimum absolute atomic E-state index is 0.244.